The zero-order valence-corrected chi connectivity index (χ0v) is 9.11. The van der Waals surface area contributed by atoms with Crippen molar-refractivity contribution in [1.29, 1.82) is 5.26 Å². The molecule has 2 aromatic rings. The Balaban J connectivity index is 3.01. The molecule has 0 aliphatic heterocycles. The fourth-order valence-corrected chi connectivity index (χ4v) is 2.15. The number of nitrogens with two attached hydrogens (primary N) is 1. The van der Waals surface area contributed by atoms with Crippen LogP contribution in [0.3, 0.4) is 0 Å². The number of nitriles is 1. The quantitative estimate of drug-likeness (QED) is 0.778. The smallest absolute Gasteiger partial charge is 0.265 e. The zero-order chi connectivity index (χ0) is 11.9. The number of hydrogen-bond acceptors (Lipinski definition) is 2. The predicted octanol–water partition coefficient (Wildman–Crippen LogP) is 1.46. The van der Waals surface area contributed by atoms with Crippen molar-refractivity contribution in [3.05, 3.63) is 35.0 Å². The number of benzene rings is 1. The molecule has 2 N–H and O–H groups in total. The summed E-state index contributed by atoms with van der Waals surface area (Å²) >= 11 is 0. The number of carbonyl (C=O) groups is 1. The van der Waals surface area contributed by atoms with E-state index in [9.17, 15) is 4.79 Å². The van der Waals surface area contributed by atoms with Crippen LogP contribution in [0.1, 0.15) is 21.6 Å². The van der Waals surface area contributed by atoms with Gasteiger partial charge in [0.1, 0.15) is 5.69 Å². The number of aryl methyl sites for hydroxylation is 2. The van der Waals surface area contributed by atoms with Crippen LogP contribution in [0, 0.1) is 18.3 Å². The van der Waals surface area contributed by atoms with Crippen molar-refractivity contribution < 1.29 is 4.79 Å². The zero-order valence-electron chi connectivity index (χ0n) is 9.11. The number of rotatable bonds is 1. The number of primary amides is 1. The van der Waals surface area contributed by atoms with E-state index in [0.717, 1.165) is 16.5 Å². The van der Waals surface area contributed by atoms with Gasteiger partial charge < -0.3 is 10.3 Å². The average Bonchev–Trinajstić information content (AvgIpc) is 2.51. The summed E-state index contributed by atoms with van der Waals surface area (Å²) in [7, 11) is 1.77. The molecule has 1 aromatic heterocycles. The molecule has 1 heterocycles. The third kappa shape index (κ3) is 1.18. The first-order chi connectivity index (χ1) is 7.57. The van der Waals surface area contributed by atoms with Gasteiger partial charge in [0, 0.05) is 18.0 Å². The van der Waals surface area contributed by atoms with Crippen LogP contribution in [-0.2, 0) is 7.05 Å². The molecule has 4 heteroatoms. The maximum atomic E-state index is 11.3. The monoisotopic (exact) mass is 213 g/mol. The second-order valence-electron chi connectivity index (χ2n) is 3.71. The number of fused-ring (bicyclic) bond motifs is 1. The minimum Gasteiger partial charge on any atom is -0.364 e. The minimum absolute atomic E-state index is 0.456. The van der Waals surface area contributed by atoms with Crippen molar-refractivity contribution in [1.82, 2.24) is 4.57 Å². The van der Waals surface area contributed by atoms with Gasteiger partial charge in [0.2, 0.25) is 0 Å². The average molecular weight is 213 g/mol. The van der Waals surface area contributed by atoms with Gasteiger partial charge in [-0.15, -0.1) is 0 Å². The normalized spacial score (nSPS) is 10.3. The molecule has 0 spiro atoms. The highest BCUT2D eigenvalue weighted by Crippen LogP contribution is 2.27. The van der Waals surface area contributed by atoms with Crippen LogP contribution in [0.2, 0.25) is 0 Å². The van der Waals surface area contributed by atoms with E-state index in [1.54, 1.807) is 23.7 Å². The van der Waals surface area contributed by atoms with E-state index < -0.39 is 5.91 Å². The SMILES string of the molecule is Cc1c(C(N)=O)n(C)c2cccc(C#N)c12. The maximum absolute atomic E-state index is 11.3. The first-order valence-electron chi connectivity index (χ1n) is 4.85. The molecule has 0 bridgehead atoms. The molecule has 4 nitrogen and oxygen atoms in total. The molecule has 0 radical (unpaired) electrons. The third-order valence-corrected chi connectivity index (χ3v) is 2.82. The molecule has 2 rings (SSSR count). The maximum Gasteiger partial charge on any atom is 0.265 e. The van der Waals surface area contributed by atoms with Crippen LogP contribution in [0.5, 0.6) is 0 Å². The largest absolute Gasteiger partial charge is 0.364 e. The number of nitrogens with zero attached hydrogens (tertiary/aromatic N) is 2. The van der Waals surface area contributed by atoms with Crippen LogP contribution in [0.4, 0.5) is 0 Å². The summed E-state index contributed by atoms with van der Waals surface area (Å²) in [5, 5.41) is 9.83. The summed E-state index contributed by atoms with van der Waals surface area (Å²) in [6.07, 6.45) is 0. The number of amides is 1. The summed E-state index contributed by atoms with van der Waals surface area (Å²) in [5.74, 6) is -0.472. The van der Waals surface area contributed by atoms with Gasteiger partial charge in [-0.05, 0) is 24.6 Å². The van der Waals surface area contributed by atoms with Gasteiger partial charge >= 0.3 is 0 Å². The first kappa shape index (κ1) is 10.2. The molecule has 0 aliphatic carbocycles. The lowest BCUT2D eigenvalue weighted by Crippen LogP contribution is -2.16. The Bertz CT molecular complexity index is 632. The Morgan fingerprint density at radius 1 is 1.50 bits per heavy atom. The van der Waals surface area contributed by atoms with E-state index in [1.807, 2.05) is 13.0 Å². The van der Waals surface area contributed by atoms with Gasteiger partial charge in [-0.1, -0.05) is 6.07 Å². The number of aromatic nitrogens is 1. The summed E-state index contributed by atoms with van der Waals surface area (Å²) in [6.45, 7) is 1.81. The van der Waals surface area contributed by atoms with Crippen LogP contribution < -0.4 is 5.73 Å². The molecule has 0 atom stereocenters. The van der Waals surface area contributed by atoms with E-state index in [-0.39, 0.29) is 0 Å². The van der Waals surface area contributed by atoms with Crippen molar-refractivity contribution in [2.45, 2.75) is 6.92 Å². The van der Waals surface area contributed by atoms with E-state index in [0.29, 0.717) is 11.3 Å². The summed E-state index contributed by atoms with van der Waals surface area (Å²) in [5.41, 5.74) is 7.97. The lowest BCUT2D eigenvalue weighted by atomic mass is 10.1. The Morgan fingerprint density at radius 2 is 2.19 bits per heavy atom. The molecule has 16 heavy (non-hydrogen) atoms. The minimum atomic E-state index is -0.472. The Kier molecular flexibility index (Phi) is 2.17. The topological polar surface area (TPSA) is 71.8 Å². The fraction of sp³-hybridized carbons (Fsp3) is 0.167. The third-order valence-electron chi connectivity index (χ3n) is 2.82. The standard InChI is InChI=1S/C12H11N3O/c1-7-10-8(6-13)4-3-5-9(10)15(2)11(7)12(14)16/h3-5H,1-2H3,(H2,14,16). The van der Waals surface area contributed by atoms with Crippen molar-refractivity contribution in [3.8, 4) is 6.07 Å². The second kappa shape index (κ2) is 3.38. The summed E-state index contributed by atoms with van der Waals surface area (Å²) in [6, 6.07) is 7.53. The van der Waals surface area contributed by atoms with Gasteiger partial charge in [-0.2, -0.15) is 5.26 Å². The predicted molar refractivity (Wildman–Crippen MR) is 60.9 cm³/mol. The molecular formula is C12H11N3O. The molecule has 0 saturated heterocycles. The molecule has 0 fully saturated rings. The van der Waals surface area contributed by atoms with Crippen LogP contribution in [0.15, 0.2) is 18.2 Å². The van der Waals surface area contributed by atoms with Crippen LogP contribution >= 0.6 is 0 Å². The Hall–Kier alpha value is -2.28. The van der Waals surface area contributed by atoms with Gasteiger partial charge in [0.05, 0.1) is 11.6 Å². The Labute approximate surface area is 92.9 Å². The summed E-state index contributed by atoms with van der Waals surface area (Å²) < 4.78 is 1.73. The Morgan fingerprint density at radius 3 is 2.75 bits per heavy atom. The lowest BCUT2D eigenvalue weighted by molar-refractivity contribution is 0.0992. The highest BCUT2D eigenvalue weighted by atomic mass is 16.1. The van der Waals surface area contributed by atoms with Crippen molar-refractivity contribution >= 4 is 16.8 Å². The van der Waals surface area contributed by atoms with E-state index in [1.165, 1.54) is 0 Å². The molecule has 0 saturated carbocycles. The van der Waals surface area contributed by atoms with Crippen LogP contribution in [0.25, 0.3) is 10.9 Å². The van der Waals surface area contributed by atoms with E-state index in [4.69, 9.17) is 11.0 Å². The number of carbonyl (C=O) groups excluding carboxylic acids is 1. The van der Waals surface area contributed by atoms with Gasteiger partial charge in [-0.3, -0.25) is 4.79 Å². The number of hydrogen-bond donors (Lipinski definition) is 1. The molecule has 80 valence electrons. The lowest BCUT2D eigenvalue weighted by Gasteiger charge is -1.99. The van der Waals surface area contributed by atoms with Crippen molar-refractivity contribution in [3.63, 3.8) is 0 Å². The van der Waals surface area contributed by atoms with Gasteiger partial charge in [0.15, 0.2) is 0 Å². The highest BCUT2D eigenvalue weighted by molar-refractivity contribution is 6.02. The molecule has 0 aliphatic rings. The molecule has 1 aromatic carbocycles. The van der Waals surface area contributed by atoms with E-state index >= 15 is 0 Å². The van der Waals surface area contributed by atoms with Crippen molar-refractivity contribution in [2.75, 3.05) is 0 Å². The van der Waals surface area contributed by atoms with Crippen molar-refractivity contribution in [2.24, 2.45) is 12.8 Å². The fourth-order valence-electron chi connectivity index (χ4n) is 2.15. The van der Waals surface area contributed by atoms with Gasteiger partial charge in [-0.25, -0.2) is 0 Å². The summed E-state index contributed by atoms with van der Waals surface area (Å²) in [4.78, 5) is 11.3. The second-order valence-corrected chi connectivity index (χ2v) is 3.71. The first-order valence-corrected chi connectivity index (χ1v) is 4.85. The molecule has 1 amide bonds. The molecular weight excluding hydrogens is 202 g/mol. The highest BCUT2D eigenvalue weighted by Gasteiger charge is 2.17. The molecule has 0 unspecified atom stereocenters. The van der Waals surface area contributed by atoms with Gasteiger partial charge in [0.25, 0.3) is 5.91 Å². The van der Waals surface area contributed by atoms with Crippen LogP contribution in [-0.4, -0.2) is 10.5 Å². The van der Waals surface area contributed by atoms with E-state index in [2.05, 4.69) is 6.07 Å².